The number of nitrogens with one attached hydrogen (secondary N) is 1. The van der Waals surface area contributed by atoms with Gasteiger partial charge >= 0.3 is 0 Å². The van der Waals surface area contributed by atoms with Gasteiger partial charge in [0.2, 0.25) is 0 Å². The van der Waals surface area contributed by atoms with Crippen LogP contribution in [0.5, 0.6) is 5.75 Å². The summed E-state index contributed by atoms with van der Waals surface area (Å²) < 4.78 is 5.02. The molecule has 2 heteroatoms. The van der Waals surface area contributed by atoms with Gasteiger partial charge in [-0.3, -0.25) is 0 Å². The van der Waals surface area contributed by atoms with E-state index in [4.69, 9.17) is 10.1 Å². The Morgan fingerprint density at radius 3 is 2.67 bits per heavy atom. The summed E-state index contributed by atoms with van der Waals surface area (Å²) in [7, 11) is 1.61. The second kappa shape index (κ2) is 3.72. The Bertz CT molecular complexity index is 305. The first-order chi connectivity index (χ1) is 5.81. The summed E-state index contributed by atoms with van der Waals surface area (Å²) in [6.45, 7) is 3.65. The maximum atomic E-state index is 7.13. The topological polar surface area (TPSA) is 33.1 Å². The van der Waals surface area contributed by atoms with Gasteiger partial charge in [0.1, 0.15) is 5.75 Å². The Morgan fingerprint density at radius 2 is 2.17 bits per heavy atom. The number of benzene rings is 1. The Labute approximate surface area is 72.0 Å². The highest BCUT2D eigenvalue weighted by Crippen LogP contribution is 2.16. The average molecular weight is 161 g/mol. The number of methoxy groups -OCH3 is 1. The first kappa shape index (κ1) is 8.53. The molecule has 1 rings (SSSR count). The summed E-state index contributed by atoms with van der Waals surface area (Å²) in [5, 5.41) is 7.13. The van der Waals surface area contributed by atoms with Crippen LogP contribution in [0.4, 0.5) is 0 Å². The summed E-state index contributed by atoms with van der Waals surface area (Å²) in [6, 6.07) is 5.54. The Balaban J connectivity index is 3.18. The third kappa shape index (κ3) is 1.53. The molecule has 0 atom stereocenters. The highest BCUT2D eigenvalue weighted by atomic mass is 16.5. The normalized spacial score (nSPS) is 9.08. The summed E-state index contributed by atoms with van der Waals surface area (Å²) >= 11 is 0. The highest BCUT2D eigenvalue weighted by Gasteiger charge is 1.97. The maximum Gasteiger partial charge on any atom is 0.119 e. The molecule has 0 aliphatic heterocycles. The van der Waals surface area contributed by atoms with Gasteiger partial charge < -0.3 is 10.1 Å². The van der Waals surface area contributed by atoms with Crippen molar-refractivity contribution in [2.24, 2.45) is 0 Å². The first-order valence-electron chi connectivity index (χ1n) is 3.62. The lowest BCUT2D eigenvalue weighted by Gasteiger charge is -2.03. The molecule has 0 aliphatic carbocycles. The van der Waals surface area contributed by atoms with Crippen LogP contribution in [0.25, 0.3) is 6.08 Å². The molecule has 0 fully saturated rings. The van der Waals surface area contributed by atoms with Crippen molar-refractivity contribution in [3.05, 3.63) is 35.9 Å². The SMILES string of the molecule is C=Cc1ccc(OC)cc1C=N. The standard InChI is InChI=1S/C10H11NO/c1-3-8-4-5-10(12-2)6-9(8)7-11/h3-7,11H,1H2,2H3. The Morgan fingerprint density at radius 1 is 1.42 bits per heavy atom. The molecule has 0 amide bonds. The largest absolute Gasteiger partial charge is 0.497 e. The van der Waals surface area contributed by atoms with Crippen molar-refractivity contribution < 1.29 is 4.74 Å². The fourth-order valence-corrected chi connectivity index (χ4v) is 0.991. The second-order valence-electron chi connectivity index (χ2n) is 2.34. The first-order valence-corrected chi connectivity index (χ1v) is 3.62. The Kier molecular flexibility index (Phi) is 2.64. The fourth-order valence-electron chi connectivity index (χ4n) is 0.991. The van der Waals surface area contributed by atoms with Crippen molar-refractivity contribution in [2.45, 2.75) is 0 Å². The van der Waals surface area contributed by atoms with Crippen LogP contribution < -0.4 is 4.74 Å². The van der Waals surface area contributed by atoms with Crippen molar-refractivity contribution in [2.75, 3.05) is 7.11 Å². The molecule has 0 spiro atoms. The molecule has 2 nitrogen and oxygen atoms in total. The number of rotatable bonds is 3. The van der Waals surface area contributed by atoms with E-state index in [0.29, 0.717) is 0 Å². The number of hydrogen-bond donors (Lipinski definition) is 1. The van der Waals surface area contributed by atoms with E-state index in [9.17, 15) is 0 Å². The van der Waals surface area contributed by atoms with Gasteiger partial charge in [0.15, 0.2) is 0 Å². The Hall–Kier alpha value is -1.57. The predicted octanol–water partition coefficient (Wildman–Crippen LogP) is 2.34. The molecule has 12 heavy (non-hydrogen) atoms. The lowest BCUT2D eigenvalue weighted by molar-refractivity contribution is 0.414. The molecule has 62 valence electrons. The molecule has 0 saturated heterocycles. The van der Waals surface area contributed by atoms with E-state index in [1.807, 2.05) is 18.2 Å². The van der Waals surface area contributed by atoms with Gasteiger partial charge in [-0.25, -0.2) is 0 Å². The van der Waals surface area contributed by atoms with Crippen LogP contribution in [0, 0.1) is 5.41 Å². The van der Waals surface area contributed by atoms with Gasteiger partial charge in [-0.2, -0.15) is 0 Å². The summed E-state index contributed by atoms with van der Waals surface area (Å²) in [5.41, 5.74) is 1.77. The van der Waals surface area contributed by atoms with E-state index in [2.05, 4.69) is 6.58 Å². The van der Waals surface area contributed by atoms with E-state index in [0.717, 1.165) is 16.9 Å². The molecule has 0 saturated carbocycles. The quantitative estimate of drug-likeness (QED) is 0.678. The van der Waals surface area contributed by atoms with E-state index in [1.54, 1.807) is 13.2 Å². The molecule has 0 radical (unpaired) electrons. The predicted molar refractivity (Wildman–Crippen MR) is 51.0 cm³/mol. The third-order valence-electron chi connectivity index (χ3n) is 1.67. The van der Waals surface area contributed by atoms with Gasteiger partial charge in [-0.15, -0.1) is 0 Å². The zero-order valence-electron chi connectivity index (χ0n) is 7.00. The van der Waals surface area contributed by atoms with Crippen LogP contribution in [0.2, 0.25) is 0 Å². The zero-order chi connectivity index (χ0) is 8.97. The van der Waals surface area contributed by atoms with E-state index in [1.165, 1.54) is 6.21 Å². The van der Waals surface area contributed by atoms with Crippen LogP contribution in [0.1, 0.15) is 11.1 Å². The van der Waals surface area contributed by atoms with Crippen molar-refractivity contribution in [3.63, 3.8) is 0 Å². The molecule has 0 aromatic heterocycles. The molecule has 0 aliphatic rings. The van der Waals surface area contributed by atoms with Gasteiger partial charge in [0.05, 0.1) is 7.11 Å². The van der Waals surface area contributed by atoms with Crippen LogP contribution in [-0.4, -0.2) is 13.3 Å². The third-order valence-corrected chi connectivity index (χ3v) is 1.67. The second-order valence-corrected chi connectivity index (χ2v) is 2.34. The van der Waals surface area contributed by atoms with E-state index >= 15 is 0 Å². The molecule has 1 aromatic carbocycles. The molecular formula is C10H11NO. The molecule has 0 heterocycles. The maximum absolute atomic E-state index is 7.13. The highest BCUT2D eigenvalue weighted by molar-refractivity contribution is 5.83. The summed E-state index contributed by atoms with van der Waals surface area (Å²) in [6.07, 6.45) is 3.01. The van der Waals surface area contributed by atoms with Gasteiger partial charge in [-0.1, -0.05) is 18.7 Å². The van der Waals surface area contributed by atoms with Crippen LogP contribution in [0.15, 0.2) is 24.8 Å². The van der Waals surface area contributed by atoms with Crippen molar-refractivity contribution >= 4 is 12.3 Å². The minimum absolute atomic E-state index is 0.763. The van der Waals surface area contributed by atoms with Crippen LogP contribution in [0.3, 0.4) is 0 Å². The van der Waals surface area contributed by atoms with Crippen LogP contribution in [-0.2, 0) is 0 Å². The molecule has 0 bridgehead atoms. The van der Waals surface area contributed by atoms with Gasteiger partial charge in [-0.05, 0) is 17.7 Å². The van der Waals surface area contributed by atoms with Gasteiger partial charge in [0.25, 0.3) is 0 Å². The lowest BCUT2D eigenvalue weighted by atomic mass is 10.1. The minimum Gasteiger partial charge on any atom is -0.497 e. The fraction of sp³-hybridized carbons (Fsp3) is 0.100. The molecule has 0 unspecified atom stereocenters. The van der Waals surface area contributed by atoms with Crippen molar-refractivity contribution in [1.29, 1.82) is 5.41 Å². The lowest BCUT2D eigenvalue weighted by Crippen LogP contribution is -1.88. The summed E-state index contributed by atoms with van der Waals surface area (Å²) in [4.78, 5) is 0. The zero-order valence-corrected chi connectivity index (χ0v) is 7.00. The van der Waals surface area contributed by atoms with E-state index < -0.39 is 0 Å². The minimum atomic E-state index is 0.763. The molecular weight excluding hydrogens is 150 g/mol. The smallest absolute Gasteiger partial charge is 0.119 e. The van der Waals surface area contributed by atoms with Gasteiger partial charge in [0, 0.05) is 11.8 Å². The summed E-state index contributed by atoms with van der Waals surface area (Å²) in [5.74, 6) is 0.763. The van der Waals surface area contributed by atoms with Crippen molar-refractivity contribution in [1.82, 2.24) is 0 Å². The molecule has 1 N–H and O–H groups in total. The monoisotopic (exact) mass is 161 g/mol. The number of ether oxygens (including phenoxy) is 1. The molecule has 1 aromatic rings. The van der Waals surface area contributed by atoms with Crippen LogP contribution >= 0.6 is 0 Å². The van der Waals surface area contributed by atoms with Crippen molar-refractivity contribution in [3.8, 4) is 5.75 Å². The number of hydrogen-bond acceptors (Lipinski definition) is 2. The van der Waals surface area contributed by atoms with E-state index in [-0.39, 0.29) is 0 Å². The average Bonchev–Trinajstić information content (AvgIpc) is 2.16.